The zero-order valence-electron chi connectivity index (χ0n) is 16.6. The Hall–Kier alpha value is -1.89. The Morgan fingerprint density at radius 2 is 1.82 bits per heavy atom. The van der Waals surface area contributed by atoms with E-state index >= 15 is 0 Å². The number of rotatable bonds is 10. The third kappa shape index (κ3) is 6.33. The number of carbonyl (C=O) groups is 2. The van der Waals surface area contributed by atoms with Gasteiger partial charge in [0.15, 0.2) is 0 Å². The van der Waals surface area contributed by atoms with Gasteiger partial charge in [0, 0.05) is 19.6 Å². The van der Waals surface area contributed by atoms with Crippen molar-refractivity contribution < 1.29 is 18.9 Å². The topological polar surface area (TPSA) is 99.8 Å². The molecule has 1 fully saturated rings. The summed E-state index contributed by atoms with van der Waals surface area (Å²) in [6.45, 7) is 5.54. The van der Waals surface area contributed by atoms with Crippen LogP contribution in [0.15, 0.2) is 30.3 Å². The van der Waals surface area contributed by atoms with Crippen LogP contribution in [0.4, 0.5) is 4.79 Å². The number of carbonyl (C=O) groups excluding carboxylic acids is 2. The van der Waals surface area contributed by atoms with E-state index < -0.39 is 19.7 Å². The van der Waals surface area contributed by atoms with E-state index in [1.165, 1.54) is 4.67 Å². The van der Waals surface area contributed by atoms with E-state index in [-0.39, 0.29) is 12.5 Å². The molecule has 0 radical (unpaired) electrons. The number of nitrogens with zero attached hydrogens (tertiary/aromatic N) is 1. The molecule has 0 spiro atoms. The summed E-state index contributed by atoms with van der Waals surface area (Å²) < 4.78 is 20.0. The summed E-state index contributed by atoms with van der Waals surface area (Å²) in [6.07, 6.45) is 2.10. The Labute approximate surface area is 166 Å². The lowest BCUT2D eigenvalue weighted by Crippen LogP contribution is -2.53. The zero-order valence-corrected chi connectivity index (χ0v) is 17.5. The number of amides is 2. The monoisotopic (exact) mass is 410 g/mol. The van der Waals surface area contributed by atoms with Crippen LogP contribution in [0.25, 0.3) is 0 Å². The molecule has 1 atom stereocenters. The van der Waals surface area contributed by atoms with Crippen molar-refractivity contribution >= 4 is 19.6 Å². The van der Waals surface area contributed by atoms with Crippen molar-refractivity contribution in [3.05, 3.63) is 35.9 Å². The molecule has 0 unspecified atom stereocenters. The Morgan fingerprint density at radius 1 is 1.18 bits per heavy atom. The van der Waals surface area contributed by atoms with Gasteiger partial charge in [-0.05, 0) is 31.2 Å². The van der Waals surface area contributed by atoms with Crippen LogP contribution in [0.1, 0.15) is 45.1 Å². The Balaban J connectivity index is 1.97. The maximum absolute atomic E-state index is 13.4. The summed E-state index contributed by atoms with van der Waals surface area (Å²) in [6, 6.07) is 8.59. The summed E-state index contributed by atoms with van der Waals surface area (Å²) in [5.74, 6) is -0.349. The van der Waals surface area contributed by atoms with Gasteiger partial charge in [0.25, 0.3) is 5.91 Å². The smallest absolute Gasteiger partial charge is 0.408 e. The highest BCUT2D eigenvalue weighted by molar-refractivity contribution is 7.58. The fraction of sp³-hybridized carbons (Fsp3) is 0.579. The second kappa shape index (κ2) is 11.2. The molecule has 1 saturated heterocycles. The van der Waals surface area contributed by atoms with Gasteiger partial charge >= 0.3 is 13.7 Å². The van der Waals surface area contributed by atoms with Crippen LogP contribution in [0, 0.1) is 0 Å². The van der Waals surface area contributed by atoms with E-state index in [0.717, 1.165) is 18.4 Å². The quantitative estimate of drug-likeness (QED) is 0.513. The van der Waals surface area contributed by atoms with Gasteiger partial charge in [-0.25, -0.2) is 15.0 Å². The fourth-order valence-corrected chi connectivity index (χ4v) is 5.28. The molecule has 0 aliphatic carbocycles. The summed E-state index contributed by atoms with van der Waals surface area (Å²) >= 11 is 0. The average molecular weight is 410 g/mol. The number of alkyl carbamates (subject to hydrolysis) is 1. The van der Waals surface area contributed by atoms with Gasteiger partial charge in [-0.1, -0.05) is 44.2 Å². The third-order valence-corrected chi connectivity index (χ3v) is 6.79. The van der Waals surface area contributed by atoms with E-state index in [1.807, 2.05) is 44.2 Å². The van der Waals surface area contributed by atoms with Crippen molar-refractivity contribution in [1.29, 1.82) is 0 Å². The lowest BCUT2D eigenvalue weighted by molar-refractivity contribution is -0.130. The van der Waals surface area contributed by atoms with Crippen molar-refractivity contribution in [3.63, 3.8) is 0 Å². The Morgan fingerprint density at radius 3 is 2.43 bits per heavy atom. The maximum atomic E-state index is 13.4. The zero-order chi connectivity index (χ0) is 20.4. The summed E-state index contributed by atoms with van der Waals surface area (Å²) in [5, 5.41) is 8.64. The minimum absolute atomic E-state index is 0.131. The van der Waals surface area contributed by atoms with Crippen LogP contribution in [-0.4, -0.2) is 42.3 Å². The molecule has 2 amide bonds. The van der Waals surface area contributed by atoms with Crippen molar-refractivity contribution in [2.75, 3.05) is 19.6 Å². The van der Waals surface area contributed by atoms with Crippen LogP contribution < -0.4 is 15.5 Å². The first-order valence-electron chi connectivity index (χ1n) is 9.89. The first-order chi connectivity index (χ1) is 13.5. The van der Waals surface area contributed by atoms with Gasteiger partial charge in [0.05, 0.1) is 0 Å². The minimum atomic E-state index is -3.24. The number of ether oxygens (including phenoxy) is 1. The van der Waals surface area contributed by atoms with Crippen molar-refractivity contribution in [2.24, 2.45) is 0 Å². The van der Waals surface area contributed by atoms with Crippen molar-refractivity contribution in [2.45, 2.75) is 52.2 Å². The molecular weight excluding hydrogens is 379 g/mol. The molecular formula is C19H31N4O4P. The third-order valence-electron chi connectivity index (χ3n) is 4.41. The molecule has 0 bridgehead atoms. The molecule has 3 N–H and O–H groups in total. The van der Waals surface area contributed by atoms with Crippen molar-refractivity contribution in [1.82, 2.24) is 20.2 Å². The minimum Gasteiger partial charge on any atom is -0.445 e. The molecule has 8 nitrogen and oxygen atoms in total. The molecule has 1 aliphatic rings. The summed E-state index contributed by atoms with van der Waals surface area (Å²) in [7, 11) is -3.24. The predicted molar refractivity (Wildman–Crippen MR) is 109 cm³/mol. The highest BCUT2D eigenvalue weighted by Gasteiger charge is 2.40. The molecule has 1 heterocycles. The summed E-state index contributed by atoms with van der Waals surface area (Å²) in [5.41, 5.74) is 0.867. The fourth-order valence-electron chi connectivity index (χ4n) is 2.93. The molecule has 0 saturated carbocycles. The molecule has 28 heavy (non-hydrogen) atoms. The Bertz CT molecular complexity index is 674. The van der Waals surface area contributed by atoms with Crippen molar-refractivity contribution in [3.8, 4) is 0 Å². The SMILES string of the molecule is CCCNP(=O)(NCCC)N1CCC[C@H](NC(=O)OCc2ccccc2)C1=O. The second-order valence-electron chi connectivity index (χ2n) is 6.75. The lowest BCUT2D eigenvalue weighted by Gasteiger charge is -2.38. The number of piperidine rings is 1. The number of hydrogen-bond donors (Lipinski definition) is 3. The van der Waals surface area contributed by atoms with Crippen LogP contribution in [0.2, 0.25) is 0 Å². The molecule has 1 aliphatic heterocycles. The van der Waals surface area contributed by atoms with Gasteiger partial charge in [-0.2, -0.15) is 0 Å². The largest absolute Gasteiger partial charge is 0.445 e. The molecule has 0 aromatic heterocycles. The molecule has 1 aromatic carbocycles. The maximum Gasteiger partial charge on any atom is 0.408 e. The molecule has 1 aromatic rings. The standard InChI is InChI=1S/C19H31N4O4P/c1-3-12-20-28(26,21-13-4-2)23-14-8-11-17(18(23)24)22-19(25)27-15-16-9-6-5-7-10-16/h5-7,9-10,17H,3-4,8,11-15H2,1-2H3,(H,22,25)(H2,20,21,26)/t17-/m0/s1. The van der Waals surface area contributed by atoms with E-state index in [9.17, 15) is 14.2 Å². The summed E-state index contributed by atoms with van der Waals surface area (Å²) in [4.78, 5) is 25.0. The van der Waals surface area contributed by atoms with E-state index in [0.29, 0.717) is 32.5 Å². The average Bonchev–Trinajstić information content (AvgIpc) is 2.71. The van der Waals surface area contributed by atoms with Gasteiger partial charge < -0.3 is 10.1 Å². The van der Waals surface area contributed by atoms with Crippen LogP contribution >= 0.6 is 7.59 Å². The van der Waals surface area contributed by atoms with E-state index in [4.69, 9.17) is 4.74 Å². The van der Waals surface area contributed by atoms with E-state index in [2.05, 4.69) is 15.5 Å². The predicted octanol–water partition coefficient (Wildman–Crippen LogP) is 3.01. The van der Waals surface area contributed by atoms with Crippen LogP contribution in [0.5, 0.6) is 0 Å². The first-order valence-corrected chi connectivity index (χ1v) is 11.6. The molecule has 156 valence electrons. The number of benzene rings is 1. The molecule has 9 heteroatoms. The lowest BCUT2D eigenvalue weighted by atomic mass is 10.1. The van der Waals surface area contributed by atoms with Gasteiger partial charge in [0.2, 0.25) is 0 Å². The normalized spacial score (nSPS) is 17.4. The van der Waals surface area contributed by atoms with Gasteiger partial charge in [0.1, 0.15) is 12.6 Å². The van der Waals surface area contributed by atoms with Crippen LogP contribution in [0.3, 0.4) is 0 Å². The first kappa shape index (κ1) is 22.4. The Kier molecular flexibility index (Phi) is 8.96. The molecule has 2 rings (SSSR count). The van der Waals surface area contributed by atoms with Gasteiger partial charge in [-0.15, -0.1) is 0 Å². The van der Waals surface area contributed by atoms with Gasteiger partial charge in [-0.3, -0.25) is 14.0 Å². The van der Waals surface area contributed by atoms with Crippen LogP contribution in [-0.2, 0) is 20.7 Å². The highest BCUT2D eigenvalue weighted by Crippen LogP contribution is 2.43. The highest BCUT2D eigenvalue weighted by atomic mass is 31.2. The number of hydrogen-bond acceptors (Lipinski definition) is 4. The number of nitrogens with one attached hydrogen (secondary N) is 3. The van der Waals surface area contributed by atoms with E-state index in [1.54, 1.807) is 0 Å². The second-order valence-corrected chi connectivity index (χ2v) is 9.02.